The molecule has 0 heterocycles. The molecule has 0 bridgehead atoms. The minimum atomic E-state index is -1.05. The maximum Gasteiger partial charge on any atom is 0.326 e. The highest BCUT2D eigenvalue weighted by Crippen LogP contribution is 2.26. The molecule has 0 fully saturated rings. The lowest BCUT2D eigenvalue weighted by atomic mass is 10.0. The van der Waals surface area contributed by atoms with Crippen molar-refractivity contribution in [1.82, 2.24) is 5.32 Å². The highest BCUT2D eigenvalue weighted by molar-refractivity contribution is 6.42. The minimum absolute atomic E-state index is 0.165. The Bertz CT molecular complexity index is 556. The first kappa shape index (κ1) is 17.5. The zero-order valence-corrected chi connectivity index (χ0v) is 13.3. The molecule has 114 valence electrons. The van der Waals surface area contributed by atoms with Gasteiger partial charge in [-0.3, -0.25) is 4.79 Å². The van der Waals surface area contributed by atoms with Crippen molar-refractivity contribution in [2.75, 3.05) is 0 Å². The molecule has 2 N–H and O–H groups in total. The van der Waals surface area contributed by atoms with Crippen LogP contribution in [0.2, 0.25) is 10.0 Å². The Morgan fingerprint density at radius 3 is 2.57 bits per heavy atom. The van der Waals surface area contributed by atoms with Crippen LogP contribution >= 0.6 is 23.2 Å². The molecular formula is C15H17Cl2NO3. The maximum absolute atomic E-state index is 11.8. The standard InChI is InChI=1S/C15H17Cl2NO3/c1-9(2)8-12(15(20)21)18-13(19)7-6-10-4-3-5-11(16)14(10)17/h3-7,9,12H,8H2,1-2H3,(H,18,19)(H,20,21)/t12-/m1/s1. The maximum atomic E-state index is 11.8. The molecule has 0 saturated carbocycles. The van der Waals surface area contributed by atoms with Crippen molar-refractivity contribution in [2.45, 2.75) is 26.3 Å². The number of amides is 1. The van der Waals surface area contributed by atoms with Gasteiger partial charge in [-0.25, -0.2) is 4.79 Å². The Balaban J connectivity index is 2.73. The van der Waals surface area contributed by atoms with Crippen LogP contribution in [0.1, 0.15) is 25.8 Å². The number of rotatable bonds is 6. The first-order valence-corrected chi connectivity index (χ1v) is 7.22. The molecule has 4 nitrogen and oxygen atoms in total. The number of carbonyl (C=O) groups excluding carboxylic acids is 1. The zero-order chi connectivity index (χ0) is 16.0. The number of hydrogen-bond acceptors (Lipinski definition) is 2. The summed E-state index contributed by atoms with van der Waals surface area (Å²) >= 11 is 11.9. The Kier molecular flexibility index (Phi) is 6.72. The molecule has 1 atom stereocenters. The number of carboxylic acids is 1. The van der Waals surface area contributed by atoms with Gasteiger partial charge in [-0.15, -0.1) is 0 Å². The monoisotopic (exact) mass is 329 g/mol. The van der Waals surface area contributed by atoms with Crippen molar-refractivity contribution in [3.05, 3.63) is 39.9 Å². The molecule has 0 aromatic heterocycles. The first-order valence-electron chi connectivity index (χ1n) is 6.46. The lowest BCUT2D eigenvalue weighted by molar-refractivity contribution is -0.141. The number of nitrogens with one attached hydrogen (secondary N) is 1. The lowest BCUT2D eigenvalue weighted by Gasteiger charge is -2.15. The van der Waals surface area contributed by atoms with E-state index in [-0.39, 0.29) is 5.92 Å². The van der Waals surface area contributed by atoms with E-state index in [1.807, 2.05) is 13.8 Å². The van der Waals surface area contributed by atoms with Gasteiger partial charge in [0.2, 0.25) is 5.91 Å². The van der Waals surface area contributed by atoms with E-state index < -0.39 is 17.9 Å². The van der Waals surface area contributed by atoms with Gasteiger partial charge >= 0.3 is 5.97 Å². The van der Waals surface area contributed by atoms with Crippen molar-refractivity contribution in [3.63, 3.8) is 0 Å². The Hall–Kier alpha value is -1.52. The Labute approximate surface area is 133 Å². The van der Waals surface area contributed by atoms with Crippen LogP contribution in [0.15, 0.2) is 24.3 Å². The van der Waals surface area contributed by atoms with Crippen molar-refractivity contribution in [3.8, 4) is 0 Å². The third kappa shape index (κ3) is 5.78. The highest BCUT2D eigenvalue weighted by atomic mass is 35.5. The summed E-state index contributed by atoms with van der Waals surface area (Å²) in [6.07, 6.45) is 3.11. The summed E-state index contributed by atoms with van der Waals surface area (Å²) in [6.45, 7) is 3.79. The molecule has 1 aromatic carbocycles. The molecule has 0 aliphatic carbocycles. The van der Waals surface area contributed by atoms with E-state index in [0.29, 0.717) is 22.0 Å². The third-order valence-electron chi connectivity index (χ3n) is 2.72. The van der Waals surface area contributed by atoms with Gasteiger partial charge in [-0.05, 0) is 30.0 Å². The summed E-state index contributed by atoms with van der Waals surface area (Å²) in [5.74, 6) is -1.37. The van der Waals surface area contributed by atoms with Gasteiger partial charge in [0.25, 0.3) is 0 Å². The predicted molar refractivity (Wildman–Crippen MR) is 84.5 cm³/mol. The van der Waals surface area contributed by atoms with Crippen molar-refractivity contribution in [1.29, 1.82) is 0 Å². The minimum Gasteiger partial charge on any atom is -0.480 e. The van der Waals surface area contributed by atoms with Gasteiger partial charge in [0.1, 0.15) is 6.04 Å². The van der Waals surface area contributed by atoms with E-state index in [1.165, 1.54) is 12.2 Å². The molecule has 0 spiro atoms. The fourth-order valence-corrected chi connectivity index (χ4v) is 2.10. The van der Waals surface area contributed by atoms with Gasteiger partial charge in [0.05, 0.1) is 10.0 Å². The van der Waals surface area contributed by atoms with Crippen molar-refractivity contribution in [2.24, 2.45) is 5.92 Å². The summed E-state index contributed by atoms with van der Waals surface area (Å²) in [6, 6.07) is 4.16. The van der Waals surface area contributed by atoms with Crippen LogP contribution in [-0.2, 0) is 9.59 Å². The number of carbonyl (C=O) groups is 2. The molecular weight excluding hydrogens is 313 g/mol. The average molecular weight is 330 g/mol. The van der Waals surface area contributed by atoms with Gasteiger partial charge < -0.3 is 10.4 Å². The third-order valence-corrected chi connectivity index (χ3v) is 3.55. The second-order valence-electron chi connectivity index (χ2n) is 5.01. The molecule has 1 amide bonds. The van der Waals surface area contributed by atoms with Crippen LogP contribution < -0.4 is 5.32 Å². The van der Waals surface area contributed by atoms with Gasteiger partial charge in [0.15, 0.2) is 0 Å². The second kappa shape index (κ2) is 8.05. The van der Waals surface area contributed by atoms with Gasteiger partial charge in [0, 0.05) is 6.08 Å². The Morgan fingerprint density at radius 1 is 1.33 bits per heavy atom. The summed E-state index contributed by atoms with van der Waals surface area (Å²) in [5, 5.41) is 12.2. The number of aliphatic carboxylic acids is 1. The van der Waals surface area contributed by atoms with E-state index in [1.54, 1.807) is 18.2 Å². The fourth-order valence-electron chi connectivity index (χ4n) is 1.73. The Morgan fingerprint density at radius 2 is 2.00 bits per heavy atom. The second-order valence-corrected chi connectivity index (χ2v) is 5.79. The highest BCUT2D eigenvalue weighted by Gasteiger charge is 2.19. The number of carboxylic acid groups (broad SMARTS) is 1. The predicted octanol–water partition coefficient (Wildman–Crippen LogP) is 3.62. The summed E-state index contributed by atoms with van der Waals surface area (Å²) in [4.78, 5) is 22.8. The van der Waals surface area contributed by atoms with Crippen LogP contribution in [0.5, 0.6) is 0 Å². The van der Waals surface area contributed by atoms with E-state index in [0.717, 1.165) is 0 Å². The molecule has 1 aromatic rings. The molecule has 0 saturated heterocycles. The normalized spacial score (nSPS) is 12.6. The summed E-state index contributed by atoms with van der Waals surface area (Å²) in [5.41, 5.74) is 0.593. The van der Waals surface area contributed by atoms with E-state index in [9.17, 15) is 9.59 Å². The summed E-state index contributed by atoms with van der Waals surface area (Å²) in [7, 11) is 0. The van der Waals surface area contributed by atoms with E-state index in [4.69, 9.17) is 28.3 Å². The van der Waals surface area contributed by atoms with Crippen LogP contribution in [0.25, 0.3) is 6.08 Å². The largest absolute Gasteiger partial charge is 0.480 e. The number of hydrogen-bond donors (Lipinski definition) is 2. The lowest BCUT2D eigenvalue weighted by Crippen LogP contribution is -2.40. The van der Waals surface area contributed by atoms with Crippen molar-refractivity contribution < 1.29 is 14.7 Å². The summed E-state index contributed by atoms with van der Waals surface area (Å²) < 4.78 is 0. The molecule has 0 aliphatic heterocycles. The van der Waals surface area contributed by atoms with Crippen LogP contribution in [-0.4, -0.2) is 23.0 Å². The SMILES string of the molecule is CC(C)C[C@@H](NC(=O)C=Cc1cccc(Cl)c1Cl)C(=O)O. The topological polar surface area (TPSA) is 66.4 Å². The molecule has 0 aliphatic rings. The smallest absolute Gasteiger partial charge is 0.326 e. The molecule has 0 unspecified atom stereocenters. The average Bonchev–Trinajstić information content (AvgIpc) is 2.39. The molecule has 6 heteroatoms. The quantitative estimate of drug-likeness (QED) is 0.783. The number of benzene rings is 1. The fraction of sp³-hybridized carbons (Fsp3) is 0.333. The van der Waals surface area contributed by atoms with E-state index >= 15 is 0 Å². The first-order chi connectivity index (χ1) is 9.81. The molecule has 21 heavy (non-hydrogen) atoms. The zero-order valence-electron chi connectivity index (χ0n) is 11.8. The van der Waals surface area contributed by atoms with Crippen molar-refractivity contribution >= 4 is 41.2 Å². The molecule has 1 rings (SSSR count). The van der Waals surface area contributed by atoms with Crippen LogP contribution in [0.4, 0.5) is 0 Å². The molecule has 0 radical (unpaired) electrons. The van der Waals surface area contributed by atoms with Gasteiger partial charge in [-0.1, -0.05) is 49.2 Å². The van der Waals surface area contributed by atoms with E-state index in [2.05, 4.69) is 5.32 Å². The van der Waals surface area contributed by atoms with Crippen LogP contribution in [0, 0.1) is 5.92 Å². The van der Waals surface area contributed by atoms with Crippen LogP contribution in [0.3, 0.4) is 0 Å². The number of halogens is 2. The van der Waals surface area contributed by atoms with Gasteiger partial charge in [-0.2, -0.15) is 0 Å².